The molecule has 37 heavy (non-hydrogen) atoms. The number of ether oxygens (including phenoxy) is 1. The zero-order valence-corrected chi connectivity index (χ0v) is 19.9. The average molecular weight is 536 g/mol. The van der Waals surface area contributed by atoms with Crippen molar-refractivity contribution in [1.82, 2.24) is 4.98 Å². The quantitative estimate of drug-likeness (QED) is 0.374. The van der Waals surface area contributed by atoms with Crippen LogP contribution in [0.5, 0.6) is 5.75 Å². The first-order chi connectivity index (χ1) is 17.4. The van der Waals surface area contributed by atoms with Crippen LogP contribution in [-0.2, 0) is 11.2 Å². The monoisotopic (exact) mass is 535 g/mol. The molecule has 0 aliphatic carbocycles. The average Bonchev–Trinajstić information content (AvgIpc) is 2.82. The maximum Gasteiger partial charge on any atom is 0.394 e. The Balaban J connectivity index is 1.97. The van der Waals surface area contributed by atoms with Gasteiger partial charge in [0.1, 0.15) is 11.4 Å². The van der Waals surface area contributed by atoms with Gasteiger partial charge in [0.25, 0.3) is 5.91 Å². The first kappa shape index (κ1) is 27.4. The number of alkyl halides is 3. The maximum atomic E-state index is 14.7. The fourth-order valence-electron chi connectivity index (χ4n) is 3.45. The molecule has 1 N–H and O–H groups in total. The molecule has 0 atom stereocenters. The lowest BCUT2D eigenvalue weighted by Crippen LogP contribution is -2.28. The van der Waals surface area contributed by atoms with Crippen molar-refractivity contribution < 1.29 is 37.0 Å². The lowest BCUT2D eigenvalue weighted by atomic mass is 9.99. The number of carboxylic acids is 1. The molecule has 0 fully saturated rings. The van der Waals surface area contributed by atoms with Crippen LogP contribution < -0.4 is 9.64 Å². The number of nitrogens with zero attached hydrogens (tertiary/aromatic N) is 3. The summed E-state index contributed by atoms with van der Waals surface area (Å²) < 4.78 is 58.3. The highest BCUT2D eigenvalue weighted by Crippen LogP contribution is 2.35. The molecule has 3 rings (SSSR count). The van der Waals surface area contributed by atoms with Crippen LogP contribution in [0.25, 0.3) is 11.1 Å². The summed E-state index contributed by atoms with van der Waals surface area (Å²) >= 11 is 6.27. The van der Waals surface area contributed by atoms with Gasteiger partial charge in [-0.1, -0.05) is 17.7 Å². The first-order valence-electron chi connectivity index (χ1n) is 10.6. The number of anilines is 1. The highest BCUT2D eigenvalue weighted by atomic mass is 35.5. The fraction of sp³-hybridized carbons (Fsp3) is 0.200. The van der Waals surface area contributed by atoms with E-state index in [1.54, 1.807) is 0 Å². The number of halogens is 5. The van der Waals surface area contributed by atoms with Crippen LogP contribution in [0, 0.1) is 17.1 Å². The Hall–Kier alpha value is -4.17. The molecular formula is C25H18ClF4N3O4. The Morgan fingerprint density at radius 1 is 1.19 bits per heavy atom. The van der Waals surface area contributed by atoms with Crippen LogP contribution in [0.15, 0.2) is 48.7 Å². The highest BCUT2D eigenvalue weighted by Gasteiger charge is 2.29. The summed E-state index contributed by atoms with van der Waals surface area (Å²) in [7, 11) is 1.28. The molecule has 0 unspecified atom stereocenters. The molecule has 1 heterocycles. The van der Waals surface area contributed by atoms with Crippen molar-refractivity contribution >= 4 is 29.2 Å². The third-order valence-electron chi connectivity index (χ3n) is 5.13. The SMILES string of the molecule is CN(C(=O)c1ccc(Cl)c(-c2cnc(CC(F)(F)F)cc2C#N)c1)c1c(F)cccc1OCCC(=O)O. The molecule has 0 aliphatic rings. The second kappa shape index (κ2) is 11.3. The van der Waals surface area contributed by atoms with E-state index >= 15 is 0 Å². The molecule has 3 aromatic rings. The molecule has 0 saturated heterocycles. The standard InChI is InChI=1S/C25H18ClF4N3O4/c1-33(23-20(27)3-2-4-21(23)37-8-7-22(34)35)24(36)14-5-6-19(26)17(10-14)18-13-32-16(9-15(18)12-31)11-25(28,29)30/h2-6,9-10,13H,7-8,11H2,1H3,(H,34,35). The number of aromatic nitrogens is 1. The Bertz CT molecular complexity index is 1390. The van der Waals surface area contributed by atoms with Crippen molar-refractivity contribution in [3.05, 3.63) is 76.3 Å². The van der Waals surface area contributed by atoms with Crippen molar-refractivity contribution in [3.63, 3.8) is 0 Å². The minimum atomic E-state index is -4.52. The lowest BCUT2D eigenvalue weighted by molar-refractivity contribution is -0.137. The summed E-state index contributed by atoms with van der Waals surface area (Å²) in [6.45, 7) is -0.257. The van der Waals surface area contributed by atoms with E-state index in [1.165, 1.54) is 37.4 Å². The van der Waals surface area contributed by atoms with Gasteiger partial charge in [0.2, 0.25) is 0 Å². The summed E-state index contributed by atoms with van der Waals surface area (Å²) in [5, 5.41) is 18.4. The number of hydrogen-bond acceptors (Lipinski definition) is 5. The zero-order chi connectivity index (χ0) is 27.3. The van der Waals surface area contributed by atoms with Gasteiger partial charge in [-0.15, -0.1) is 0 Å². The van der Waals surface area contributed by atoms with Crippen LogP contribution in [-0.4, -0.2) is 41.8 Å². The fourth-order valence-corrected chi connectivity index (χ4v) is 3.67. The topological polar surface area (TPSA) is 104 Å². The van der Waals surface area contributed by atoms with E-state index in [1.807, 2.05) is 6.07 Å². The number of benzene rings is 2. The van der Waals surface area contributed by atoms with Gasteiger partial charge in [-0.2, -0.15) is 18.4 Å². The summed E-state index contributed by atoms with van der Waals surface area (Å²) in [5.41, 5.74) is -0.423. The van der Waals surface area contributed by atoms with Crippen molar-refractivity contribution in [2.45, 2.75) is 19.0 Å². The van der Waals surface area contributed by atoms with Gasteiger partial charge in [-0.25, -0.2) is 4.39 Å². The van der Waals surface area contributed by atoms with E-state index in [2.05, 4.69) is 4.98 Å². The van der Waals surface area contributed by atoms with Crippen LogP contribution in [0.2, 0.25) is 5.02 Å². The first-order valence-corrected chi connectivity index (χ1v) is 11.0. The number of hydrogen-bond donors (Lipinski definition) is 1. The number of pyridine rings is 1. The van der Waals surface area contributed by atoms with E-state index in [0.29, 0.717) is 0 Å². The predicted octanol–water partition coefficient (Wildman–Crippen LogP) is 5.65. The Morgan fingerprint density at radius 2 is 1.92 bits per heavy atom. The second-order valence-corrected chi connectivity index (χ2v) is 8.17. The highest BCUT2D eigenvalue weighted by molar-refractivity contribution is 6.33. The molecule has 192 valence electrons. The largest absolute Gasteiger partial charge is 0.491 e. The third-order valence-corrected chi connectivity index (χ3v) is 5.46. The van der Waals surface area contributed by atoms with E-state index in [-0.39, 0.29) is 57.4 Å². The minimum Gasteiger partial charge on any atom is -0.491 e. The number of aliphatic carboxylic acids is 1. The molecule has 1 amide bonds. The van der Waals surface area contributed by atoms with Gasteiger partial charge in [-0.3, -0.25) is 14.6 Å². The van der Waals surface area contributed by atoms with E-state index in [9.17, 15) is 32.4 Å². The molecule has 12 heteroatoms. The number of nitriles is 1. The van der Waals surface area contributed by atoms with E-state index in [4.69, 9.17) is 21.4 Å². The van der Waals surface area contributed by atoms with Gasteiger partial charge in [0, 0.05) is 35.0 Å². The van der Waals surface area contributed by atoms with Gasteiger partial charge in [0.15, 0.2) is 5.82 Å². The van der Waals surface area contributed by atoms with Gasteiger partial charge in [-0.05, 0) is 36.4 Å². The minimum absolute atomic E-state index is 0.0184. The van der Waals surface area contributed by atoms with E-state index in [0.717, 1.165) is 23.2 Å². The summed E-state index contributed by atoms with van der Waals surface area (Å²) in [5.74, 6) is -2.67. The molecule has 7 nitrogen and oxygen atoms in total. The number of para-hydroxylation sites is 1. The normalized spacial score (nSPS) is 11.1. The Morgan fingerprint density at radius 3 is 2.57 bits per heavy atom. The third kappa shape index (κ3) is 6.74. The summed E-state index contributed by atoms with van der Waals surface area (Å²) in [4.78, 5) is 28.8. The molecule has 0 bridgehead atoms. The number of rotatable bonds is 8. The molecule has 0 radical (unpaired) electrons. The number of carbonyl (C=O) groups is 2. The summed E-state index contributed by atoms with van der Waals surface area (Å²) in [6, 6.07) is 10.7. The molecule has 0 spiro atoms. The Kier molecular flexibility index (Phi) is 8.35. The van der Waals surface area contributed by atoms with Gasteiger partial charge in [0.05, 0.1) is 36.8 Å². The van der Waals surface area contributed by atoms with Crippen LogP contribution >= 0.6 is 11.6 Å². The van der Waals surface area contributed by atoms with E-state index < -0.39 is 30.3 Å². The van der Waals surface area contributed by atoms with Crippen molar-refractivity contribution in [1.29, 1.82) is 5.26 Å². The molecule has 0 saturated carbocycles. The molecule has 1 aromatic heterocycles. The maximum absolute atomic E-state index is 14.7. The van der Waals surface area contributed by atoms with Gasteiger partial charge < -0.3 is 14.7 Å². The van der Waals surface area contributed by atoms with Crippen LogP contribution in [0.1, 0.15) is 28.0 Å². The molecular weight excluding hydrogens is 518 g/mol. The number of carboxylic acid groups (broad SMARTS) is 1. The molecule has 0 aliphatic heterocycles. The Labute approximate surface area is 213 Å². The van der Waals surface area contributed by atoms with Crippen LogP contribution in [0.4, 0.5) is 23.2 Å². The van der Waals surface area contributed by atoms with Crippen LogP contribution in [0.3, 0.4) is 0 Å². The lowest BCUT2D eigenvalue weighted by Gasteiger charge is -2.22. The zero-order valence-electron chi connectivity index (χ0n) is 19.1. The second-order valence-electron chi connectivity index (χ2n) is 7.76. The summed E-state index contributed by atoms with van der Waals surface area (Å²) in [6.07, 6.45) is -5.10. The molecule has 2 aromatic carbocycles. The predicted molar refractivity (Wildman–Crippen MR) is 126 cm³/mol. The van der Waals surface area contributed by atoms with Gasteiger partial charge >= 0.3 is 12.1 Å². The van der Waals surface area contributed by atoms with Crippen molar-refractivity contribution in [2.75, 3.05) is 18.6 Å². The number of carbonyl (C=O) groups excluding carboxylic acids is 1. The van der Waals surface area contributed by atoms with Crippen molar-refractivity contribution in [3.8, 4) is 22.9 Å². The number of amides is 1. The van der Waals surface area contributed by atoms with Crippen molar-refractivity contribution in [2.24, 2.45) is 0 Å². The smallest absolute Gasteiger partial charge is 0.394 e.